The topological polar surface area (TPSA) is 9.23 Å². The second-order valence-electron chi connectivity index (χ2n) is 10.5. The summed E-state index contributed by atoms with van der Waals surface area (Å²) in [5, 5.41) is 1.20. The van der Waals surface area contributed by atoms with E-state index in [0.29, 0.717) is 47.8 Å². The molecule has 0 heterocycles. The highest BCUT2D eigenvalue weighted by Gasteiger charge is 2.29. The molecule has 0 unspecified atom stereocenters. The first-order valence-electron chi connectivity index (χ1n) is 14.1. The lowest BCUT2D eigenvalue weighted by Crippen LogP contribution is -2.19. The maximum absolute atomic E-state index is 15.3. The minimum absolute atomic E-state index is 0.183. The molecule has 41 heavy (non-hydrogen) atoms. The summed E-state index contributed by atoms with van der Waals surface area (Å²) in [6.45, 7) is 0.594. The molecule has 0 aromatic heterocycles. The highest BCUT2D eigenvalue weighted by molar-refractivity contribution is 5.84. The minimum Gasteiger partial charge on any atom is -0.481 e. The number of unbranched alkanes of at least 4 members (excludes halogenated alkanes) is 3. The molecule has 4 aromatic carbocycles. The van der Waals surface area contributed by atoms with E-state index < -0.39 is 24.3 Å². The Labute approximate surface area is 237 Å². The average molecular weight is 573 g/mol. The summed E-state index contributed by atoms with van der Waals surface area (Å²) < 4.78 is 85.6. The molecule has 4 aromatic rings. The molecule has 0 radical (unpaired) electrons. The monoisotopic (exact) mass is 572 g/mol. The van der Waals surface area contributed by atoms with Crippen molar-refractivity contribution in [1.82, 2.24) is 0 Å². The molecule has 1 nitrogen and oxygen atoms in total. The van der Waals surface area contributed by atoms with Crippen molar-refractivity contribution >= 4 is 10.8 Å². The minimum atomic E-state index is -4.56. The third kappa shape index (κ3) is 8.75. The number of rotatable bonds is 13. The highest BCUT2D eigenvalue weighted by atomic mass is 19.4. The van der Waals surface area contributed by atoms with Gasteiger partial charge in [-0.15, -0.1) is 0 Å². The van der Waals surface area contributed by atoms with Crippen LogP contribution in [0.25, 0.3) is 10.8 Å². The molecule has 0 fully saturated rings. The van der Waals surface area contributed by atoms with Crippen LogP contribution in [-0.2, 0) is 32.1 Å². The van der Waals surface area contributed by atoms with Gasteiger partial charge in [0.15, 0.2) is 18.2 Å². The molecule has 0 N–H and O–H groups in total. The number of alkyl halides is 3. The van der Waals surface area contributed by atoms with Crippen molar-refractivity contribution in [2.24, 2.45) is 0 Å². The Kier molecular flexibility index (Phi) is 10.4. The molecule has 218 valence electrons. The molecule has 0 saturated heterocycles. The SMILES string of the molecule is CCCCCCc1ccc(CCc2ccc3c(F)c(CCc4ccc(OCC(F)(F)F)c(F)c4)ccc3c2)c(F)c1. The largest absolute Gasteiger partial charge is 0.481 e. The van der Waals surface area contributed by atoms with E-state index in [1.165, 1.54) is 18.9 Å². The van der Waals surface area contributed by atoms with Crippen molar-refractivity contribution in [3.8, 4) is 5.75 Å². The normalized spacial score (nSPS) is 11.8. The molecule has 0 saturated carbocycles. The number of halogens is 6. The predicted octanol–water partition coefficient (Wildman–Crippen LogP) is 9.89. The Morgan fingerprint density at radius 2 is 1.24 bits per heavy atom. The Bertz CT molecular complexity index is 1460. The van der Waals surface area contributed by atoms with Gasteiger partial charge in [-0.1, -0.05) is 74.7 Å². The fourth-order valence-corrected chi connectivity index (χ4v) is 4.97. The quantitative estimate of drug-likeness (QED) is 0.114. The third-order valence-electron chi connectivity index (χ3n) is 7.29. The van der Waals surface area contributed by atoms with Gasteiger partial charge >= 0.3 is 6.18 Å². The summed E-state index contributed by atoms with van der Waals surface area (Å²) in [4.78, 5) is 0. The van der Waals surface area contributed by atoms with Gasteiger partial charge in [0.25, 0.3) is 0 Å². The molecular weight excluding hydrogens is 538 g/mol. The van der Waals surface area contributed by atoms with E-state index in [2.05, 4.69) is 11.7 Å². The van der Waals surface area contributed by atoms with Crippen LogP contribution in [0.3, 0.4) is 0 Å². The predicted molar refractivity (Wildman–Crippen MR) is 151 cm³/mol. The maximum Gasteiger partial charge on any atom is 0.422 e. The van der Waals surface area contributed by atoms with E-state index in [1.807, 2.05) is 30.3 Å². The molecule has 0 aliphatic heterocycles. The Balaban J connectivity index is 1.35. The van der Waals surface area contributed by atoms with Crippen molar-refractivity contribution < 1.29 is 31.1 Å². The molecule has 7 heteroatoms. The number of fused-ring (bicyclic) bond motifs is 1. The second-order valence-corrected chi connectivity index (χ2v) is 10.5. The van der Waals surface area contributed by atoms with Gasteiger partial charge < -0.3 is 4.74 Å². The first kappa shape index (κ1) is 30.5. The van der Waals surface area contributed by atoms with Crippen molar-refractivity contribution in [3.05, 3.63) is 112 Å². The molecule has 0 bridgehead atoms. The summed E-state index contributed by atoms with van der Waals surface area (Å²) in [6.07, 6.45) is 2.69. The molecule has 0 amide bonds. The van der Waals surface area contributed by atoms with Crippen molar-refractivity contribution in [2.45, 2.75) is 70.9 Å². The molecule has 0 spiro atoms. The Morgan fingerprint density at radius 3 is 1.95 bits per heavy atom. The fraction of sp³-hybridized carbons (Fsp3) is 0.353. The van der Waals surface area contributed by atoms with Crippen molar-refractivity contribution in [3.63, 3.8) is 0 Å². The Morgan fingerprint density at radius 1 is 0.610 bits per heavy atom. The zero-order valence-electron chi connectivity index (χ0n) is 23.1. The summed E-state index contributed by atoms with van der Waals surface area (Å²) >= 11 is 0. The van der Waals surface area contributed by atoms with Gasteiger partial charge in [0.1, 0.15) is 11.6 Å². The van der Waals surface area contributed by atoms with Crippen LogP contribution in [0.2, 0.25) is 0 Å². The molecule has 0 aliphatic carbocycles. The smallest absolute Gasteiger partial charge is 0.422 e. The van der Waals surface area contributed by atoms with Crippen LogP contribution < -0.4 is 4.74 Å². The van der Waals surface area contributed by atoms with E-state index in [-0.39, 0.29) is 11.6 Å². The summed E-state index contributed by atoms with van der Waals surface area (Å²) in [5.74, 6) is -1.91. The van der Waals surface area contributed by atoms with Gasteiger partial charge in [-0.3, -0.25) is 0 Å². The fourth-order valence-electron chi connectivity index (χ4n) is 4.97. The van der Waals surface area contributed by atoms with Gasteiger partial charge in [-0.25, -0.2) is 13.2 Å². The van der Waals surface area contributed by atoms with Gasteiger partial charge in [-0.2, -0.15) is 13.2 Å². The zero-order valence-corrected chi connectivity index (χ0v) is 23.1. The van der Waals surface area contributed by atoms with Crippen LogP contribution in [0.4, 0.5) is 26.3 Å². The molecule has 4 rings (SSSR count). The van der Waals surface area contributed by atoms with E-state index in [0.717, 1.165) is 47.9 Å². The number of hydrogen-bond donors (Lipinski definition) is 0. The first-order valence-corrected chi connectivity index (χ1v) is 14.1. The molecular formula is C34H34F6O. The van der Waals surface area contributed by atoms with E-state index in [1.54, 1.807) is 18.2 Å². The van der Waals surface area contributed by atoms with Crippen LogP contribution >= 0.6 is 0 Å². The first-order chi connectivity index (χ1) is 19.6. The lowest BCUT2D eigenvalue weighted by molar-refractivity contribution is -0.153. The van der Waals surface area contributed by atoms with Crippen LogP contribution in [0.5, 0.6) is 5.75 Å². The van der Waals surface area contributed by atoms with Crippen LogP contribution in [-0.4, -0.2) is 12.8 Å². The van der Waals surface area contributed by atoms with Crippen molar-refractivity contribution in [1.29, 1.82) is 0 Å². The van der Waals surface area contributed by atoms with E-state index >= 15 is 4.39 Å². The summed E-state index contributed by atoms with van der Waals surface area (Å²) in [5.41, 5.74) is 3.65. The third-order valence-corrected chi connectivity index (χ3v) is 7.29. The standard InChI is InChI=1S/C34H34F6O/c1-2-3-4-5-6-23-7-12-26(30(35)20-23)13-8-24-10-17-29-28(19-24)16-15-27(33(29)37)14-9-25-11-18-32(31(36)21-25)41-22-34(38,39)40/h7,10-12,15-21H,2-6,8-9,13-14,22H2,1H3. The second kappa shape index (κ2) is 13.9. The zero-order chi connectivity index (χ0) is 29.4. The number of aryl methyl sites for hydroxylation is 5. The molecule has 0 atom stereocenters. The highest BCUT2D eigenvalue weighted by Crippen LogP contribution is 2.26. The lowest BCUT2D eigenvalue weighted by Gasteiger charge is -2.11. The summed E-state index contributed by atoms with van der Waals surface area (Å²) in [7, 11) is 0. The van der Waals surface area contributed by atoms with Gasteiger partial charge in [-0.05, 0) is 89.9 Å². The van der Waals surface area contributed by atoms with Crippen LogP contribution in [0.15, 0.2) is 66.7 Å². The number of hydrogen-bond acceptors (Lipinski definition) is 1. The maximum atomic E-state index is 15.3. The van der Waals surface area contributed by atoms with Gasteiger partial charge in [0.05, 0.1) is 0 Å². The average Bonchev–Trinajstić information content (AvgIpc) is 2.93. The van der Waals surface area contributed by atoms with Crippen LogP contribution in [0.1, 0.15) is 60.4 Å². The van der Waals surface area contributed by atoms with Gasteiger partial charge in [0.2, 0.25) is 0 Å². The summed E-state index contributed by atoms with van der Waals surface area (Å²) in [6, 6.07) is 18.3. The van der Waals surface area contributed by atoms with Crippen LogP contribution in [0, 0.1) is 17.5 Å². The number of benzene rings is 4. The van der Waals surface area contributed by atoms with E-state index in [4.69, 9.17) is 0 Å². The lowest BCUT2D eigenvalue weighted by atomic mass is 9.96. The molecule has 0 aliphatic rings. The Hall–Kier alpha value is -3.48. The number of ether oxygens (including phenoxy) is 1. The van der Waals surface area contributed by atoms with Gasteiger partial charge in [0, 0.05) is 5.39 Å². The van der Waals surface area contributed by atoms with Crippen molar-refractivity contribution in [2.75, 3.05) is 6.61 Å². The van der Waals surface area contributed by atoms with E-state index in [9.17, 15) is 22.0 Å².